The summed E-state index contributed by atoms with van der Waals surface area (Å²) >= 11 is 0. The molecule has 0 fully saturated rings. The Morgan fingerprint density at radius 1 is 0.780 bits per heavy atom. The molecule has 50 heavy (non-hydrogen) atoms. The van der Waals surface area contributed by atoms with Crippen LogP contribution in [0.2, 0.25) is 0 Å². The minimum Gasteiger partial charge on any atom is -0.387 e. The first kappa shape index (κ1) is 34.7. The molecule has 0 aromatic heterocycles. The van der Waals surface area contributed by atoms with E-state index >= 15 is 0 Å². The highest BCUT2D eigenvalue weighted by molar-refractivity contribution is 5.96. The summed E-state index contributed by atoms with van der Waals surface area (Å²) in [6.07, 6.45) is 22.5. The topological polar surface area (TPSA) is 12.0 Å². The number of rotatable bonds is 8. The van der Waals surface area contributed by atoms with Crippen molar-refractivity contribution in [2.75, 3.05) is 6.54 Å². The lowest BCUT2D eigenvalue weighted by molar-refractivity contribution is 0.731. The lowest BCUT2D eigenvalue weighted by Gasteiger charge is -2.37. The Kier molecular flexibility index (Phi) is 10.5. The molecule has 4 aromatic rings. The van der Waals surface area contributed by atoms with E-state index in [1.807, 2.05) is 19.9 Å². The number of hydrogen-bond donors (Lipinski definition) is 1. The van der Waals surface area contributed by atoms with Crippen LogP contribution in [0, 0.1) is 0 Å². The molecule has 1 unspecified atom stereocenters. The van der Waals surface area contributed by atoms with Gasteiger partial charge < -0.3 is 5.32 Å². The summed E-state index contributed by atoms with van der Waals surface area (Å²) in [7, 11) is 0. The standard InChI is InChI=1S/C47H45N.C2H6/c1-6-16-39(33(5)7-2)41-27-26-35(30-43(41)32(3)4)34-17-13-18-36(29-34)40-23-14-25-45-46(40)42-22-11-12-24-44(42)47(45,37-19-9-8-10-20-37)38-21-15-28-48-31-38;1-2/h6-7,9,11-27,29-32,48H,2,8,10,28H2,1,3-5H3;1-2H3/b16-6-,39-33+;. The van der Waals surface area contributed by atoms with Crippen LogP contribution in [-0.2, 0) is 5.41 Å². The van der Waals surface area contributed by atoms with Crippen molar-refractivity contribution in [3.63, 3.8) is 0 Å². The molecule has 0 bridgehead atoms. The van der Waals surface area contributed by atoms with Crippen LogP contribution in [0.1, 0.15) is 82.6 Å². The monoisotopic (exact) mass is 653 g/mol. The van der Waals surface area contributed by atoms with Crippen molar-refractivity contribution < 1.29 is 0 Å². The first-order valence-corrected chi connectivity index (χ1v) is 18.4. The molecule has 1 aliphatic heterocycles. The van der Waals surface area contributed by atoms with Crippen LogP contribution >= 0.6 is 0 Å². The van der Waals surface area contributed by atoms with E-state index in [1.54, 1.807) is 0 Å². The molecule has 1 nitrogen and oxygen atoms in total. The maximum Gasteiger partial charge on any atom is 0.0724 e. The maximum absolute atomic E-state index is 4.06. The smallest absolute Gasteiger partial charge is 0.0724 e. The lowest BCUT2D eigenvalue weighted by Crippen LogP contribution is -2.32. The number of benzene rings is 4. The minimum atomic E-state index is -0.371. The van der Waals surface area contributed by atoms with E-state index in [2.05, 4.69) is 173 Å². The van der Waals surface area contributed by atoms with E-state index in [0.29, 0.717) is 5.92 Å². The van der Waals surface area contributed by atoms with Crippen molar-refractivity contribution >= 4 is 5.57 Å². The molecular weight excluding hydrogens is 603 g/mol. The number of dihydropyridines is 1. The zero-order valence-electron chi connectivity index (χ0n) is 30.7. The molecule has 7 rings (SSSR count). The number of fused-ring (bicyclic) bond motifs is 3. The van der Waals surface area contributed by atoms with E-state index in [4.69, 9.17) is 0 Å². The van der Waals surface area contributed by atoms with E-state index < -0.39 is 0 Å². The van der Waals surface area contributed by atoms with Gasteiger partial charge in [-0.25, -0.2) is 0 Å². The van der Waals surface area contributed by atoms with Gasteiger partial charge in [0.25, 0.3) is 0 Å². The first-order valence-electron chi connectivity index (χ1n) is 18.4. The predicted molar refractivity (Wildman–Crippen MR) is 218 cm³/mol. The largest absolute Gasteiger partial charge is 0.387 e. The van der Waals surface area contributed by atoms with E-state index in [0.717, 1.165) is 19.4 Å². The third kappa shape index (κ3) is 6.00. The number of allylic oxidation sites excluding steroid dienone is 11. The van der Waals surface area contributed by atoms with Gasteiger partial charge in [0.15, 0.2) is 0 Å². The lowest BCUT2D eigenvalue weighted by atomic mass is 9.65. The van der Waals surface area contributed by atoms with Crippen LogP contribution in [-0.4, -0.2) is 6.54 Å². The van der Waals surface area contributed by atoms with Gasteiger partial charge in [-0.1, -0.05) is 162 Å². The highest BCUT2D eigenvalue weighted by atomic mass is 14.8. The van der Waals surface area contributed by atoms with Crippen LogP contribution in [0.5, 0.6) is 0 Å². The van der Waals surface area contributed by atoms with Crippen LogP contribution in [0.25, 0.3) is 39.0 Å². The van der Waals surface area contributed by atoms with E-state index in [-0.39, 0.29) is 5.41 Å². The summed E-state index contributed by atoms with van der Waals surface area (Å²) in [5.74, 6) is 0.379. The quantitative estimate of drug-likeness (QED) is 0.187. The first-order chi connectivity index (χ1) is 24.5. The molecule has 252 valence electrons. The van der Waals surface area contributed by atoms with Gasteiger partial charge in [0.1, 0.15) is 0 Å². The Bertz CT molecular complexity index is 2060. The predicted octanol–water partition coefficient (Wildman–Crippen LogP) is 13.3. The Morgan fingerprint density at radius 3 is 2.22 bits per heavy atom. The van der Waals surface area contributed by atoms with Gasteiger partial charge in [-0.05, 0) is 117 Å². The second-order valence-electron chi connectivity index (χ2n) is 13.4. The molecular formula is C49H51N. The molecule has 2 aliphatic carbocycles. The van der Waals surface area contributed by atoms with Gasteiger partial charge in [-0.15, -0.1) is 0 Å². The van der Waals surface area contributed by atoms with Gasteiger partial charge in [-0.2, -0.15) is 0 Å². The van der Waals surface area contributed by atoms with Gasteiger partial charge in [0.2, 0.25) is 0 Å². The van der Waals surface area contributed by atoms with Gasteiger partial charge in [-0.3, -0.25) is 0 Å². The average molecular weight is 654 g/mol. The SMILES string of the molecule is C=C/C(C)=C(\C=C/C)c1ccc(-c2cccc(-c3cccc4c3-c3ccccc3C4(C3=CCCC=C3)C3=CNCC=C3)c2)cc1C(C)C.CC. The summed E-state index contributed by atoms with van der Waals surface area (Å²) in [5.41, 5.74) is 17.7. The Labute approximate surface area is 300 Å². The Hall–Kier alpha value is -5.14. The van der Waals surface area contributed by atoms with Crippen LogP contribution in [0.3, 0.4) is 0 Å². The molecule has 0 saturated carbocycles. The van der Waals surface area contributed by atoms with Crippen molar-refractivity contribution in [2.45, 2.75) is 65.7 Å². The fourth-order valence-corrected chi connectivity index (χ4v) is 7.99. The third-order valence-electron chi connectivity index (χ3n) is 10.3. The summed E-state index contributed by atoms with van der Waals surface area (Å²) in [6.45, 7) is 17.7. The van der Waals surface area contributed by atoms with E-state index in [9.17, 15) is 0 Å². The molecule has 3 aliphatic rings. The van der Waals surface area contributed by atoms with Gasteiger partial charge >= 0.3 is 0 Å². The zero-order valence-corrected chi connectivity index (χ0v) is 30.7. The highest BCUT2D eigenvalue weighted by Gasteiger charge is 2.48. The number of nitrogens with one attached hydrogen (secondary N) is 1. The second kappa shape index (κ2) is 15.2. The van der Waals surface area contributed by atoms with Crippen LogP contribution in [0.15, 0.2) is 163 Å². The molecule has 0 spiro atoms. The van der Waals surface area contributed by atoms with Crippen molar-refractivity contribution in [3.8, 4) is 33.4 Å². The summed E-state index contributed by atoms with van der Waals surface area (Å²) in [6, 6.07) is 32.1. The van der Waals surface area contributed by atoms with Gasteiger partial charge in [0.05, 0.1) is 5.41 Å². The zero-order chi connectivity index (χ0) is 35.3. The van der Waals surface area contributed by atoms with Gasteiger partial charge in [0, 0.05) is 12.7 Å². The highest BCUT2D eigenvalue weighted by Crippen LogP contribution is 2.59. The Morgan fingerprint density at radius 2 is 1.50 bits per heavy atom. The van der Waals surface area contributed by atoms with Crippen molar-refractivity contribution in [3.05, 3.63) is 185 Å². The molecule has 1 N–H and O–H groups in total. The molecule has 1 heterocycles. The summed E-state index contributed by atoms with van der Waals surface area (Å²) in [4.78, 5) is 0. The second-order valence-corrected chi connectivity index (χ2v) is 13.4. The van der Waals surface area contributed by atoms with E-state index in [1.165, 1.54) is 77.9 Å². The molecule has 1 atom stereocenters. The molecule has 0 radical (unpaired) electrons. The normalized spacial score (nSPS) is 18.0. The molecule has 1 heteroatoms. The van der Waals surface area contributed by atoms with Crippen molar-refractivity contribution in [1.82, 2.24) is 5.32 Å². The number of hydrogen-bond acceptors (Lipinski definition) is 1. The summed E-state index contributed by atoms with van der Waals surface area (Å²) < 4.78 is 0. The van der Waals surface area contributed by atoms with Crippen LogP contribution in [0.4, 0.5) is 0 Å². The minimum absolute atomic E-state index is 0.371. The summed E-state index contributed by atoms with van der Waals surface area (Å²) in [5, 5.41) is 3.54. The van der Waals surface area contributed by atoms with Crippen LogP contribution < -0.4 is 5.32 Å². The maximum atomic E-state index is 4.06. The third-order valence-corrected chi connectivity index (χ3v) is 10.3. The fraction of sp³-hybridized carbons (Fsp3) is 0.224. The van der Waals surface area contributed by atoms with Crippen molar-refractivity contribution in [2.24, 2.45) is 0 Å². The fourth-order valence-electron chi connectivity index (χ4n) is 7.99. The average Bonchev–Trinajstić information content (AvgIpc) is 3.49. The molecule has 0 amide bonds. The molecule has 4 aromatic carbocycles. The van der Waals surface area contributed by atoms with Crippen molar-refractivity contribution in [1.29, 1.82) is 0 Å². The molecule has 0 saturated heterocycles. The Balaban J connectivity index is 0.00000212.